The highest BCUT2D eigenvalue weighted by molar-refractivity contribution is 6.51. The van der Waals surface area contributed by atoms with E-state index in [-0.39, 0.29) is 23.7 Å². The highest BCUT2D eigenvalue weighted by Crippen LogP contribution is 2.43. The lowest BCUT2D eigenvalue weighted by molar-refractivity contribution is -0.142. The Labute approximate surface area is 215 Å². The van der Waals surface area contributed by atoms with Crippen LogP contribution in [0.3, 0.4) is 0 Å². The van der Waals surface area contributed by atoms with Crippen molar-refractivity contribution < 1.29 is 29.0 Å². The molecule has 190 valence electrons. The zero-order valence-corrected chi connectivity index (χ0v) is 21.3. The predicted molar refractivity (Wildman–Crippen MR) is 140 cm³/mol. The van der Waals surface area contributed by atoms with Gasteiger partial charge in [0.25, 0.3) is 11.7 Å². The van der Waals surface area contributed by atoms with Gasteiger partial charge in [0.05, 0.1) is 31.8 Å². The van der Waals surface area contributed by atoms with Crippen molar-refractivity contribution in [2.75, 3.05) is 18.6 Å². The molecule has 0 saturated carbocycles. The molecule has 1 unspecified atom stereocenters. The number of ether oxygens (including phenoxy) is 2. The van der Waals surface area contributed by atoms with E-state index in [4.69, 9.17) is 9.47 Å². The van der Waals surface area contributed by atoms with Gasteiger partial charge in [0.1, 0.15) is 11.5 Å². The molecule has 0 spiro atoms. The summed E-state index contributed by atoms with van der Waals surface area (Å²) in [7, 11) is 1.57. The van der Waals surface area contributed by atoms with Gasteiger partial charge >= 0.3 is 5.97 Å². The first kappa shape index (κ1) is 25.7. The molecule has 0 radical (unpaired) electrons. The van der Waals surface area contributed by atoms with Crippen LogP contribution in [0.1, 0.15) is 40.8 Å². The topological polar surface area (TPSA) is 93.1 Å². The lowest BCUT2D eigenvalue weighted by Crippen LogP contribution is -2.29. The van der Waals surface area contributed by atoms with Crippen LogP contribution in [0.4, 0.5) is 5.69 Å². The van der Waals surface area contributed by atoms with E-state index < -0.39 is 17.7 Å². The van der Waals surface area contributed by atoms with Crippen LogP contribution >= 0.6 is 0 Å². The summed E-state index contributed by atoms with van der Waals surface area (Å²) < 4.78 is 10.4. The fraction of sp³-hybridized carbons (Fsp3) is 0.233. The third-order valence-corrected chi connectivity index (χ3v) is 6.43. The van der Waals surface area contributed by atoms with E-state index >= 15 is 0 Å². The fourth-order valence-electron chi connectivity index (χ4n) is 4.61. The van der Waals surface area contributed by atoms with E-state index in [1.54, 1.807) is 50.4 Å². The molecular weight excluding hydrogens is 470 g/mol. The van der Waals surface area contributed by atoms with Gasteiger partial charge in [0, 0.05) is 11.3 Å². The second-order valence-corrected chi connectivity index (χ2v) is 8.86. The van der Waals surface area contributed by atoms with Gasteiger partial charge in [-0.3, -0.25) is 19.3 Å². The molecule has 1 fully saturated rings. The van der Waals surface area contributed by atoms with Gasteiger partial charge in [-0.05, 0) is 67.3 Å². The molecule has 4 rings (SSSR count). The number of benzene rings is 3. The summed E-state index contributed by atoms with van der Waals surface area (Å²) in [5.41, 5.74) is 3.85. The number of aliphatic hydroxyl groups excluding tert-OH is 1. The number of ketones is 1. The number of carbonyl (C=O) groups is 3. The lowest BCUT2D eigenvalue weighted by Gasteiger charge is -2.26. The average Bonchev–Trinajstić information content (AvgIpc) is 3.16. The van der Waals surface area contributed by atoms with Gasteiger partial charge in [-0.2, -0.15) is 0 Å². The average molecular weight is 500 g/mol. The first-order valence-electron chi connectivity index (χ1n) is 12.0. The second kappa shape index (κ2) is 10.7. The van der Waals surface area contributed by atoms with Gasteiger partial charge < -0.3 is 14.6 Å². The van der Waals surface area contributed by atoms with Gasteiger partial charge in [-0.15, -0.1) is 0 Å². The number of anilines is 1. The van der Waals surface area contributed by atoms with E-state index in [2.05, 4.69) is 0 Å². The number of esters is 1. The fourth-order valence-corrected chi connectivity index (χ4v) is 4.61. The lowest BCUT2D eigenvalue weighted by atomic mass is 9.93. The molecule has 3 aromatic rings. The predicted octanol–water partition coefficient (Wildman–Crippen LogP) is 5.04. The highest BCUT2D eigenvalue weighted by Gasteiger charge is 2.47. The molecule has 1 aliphatic rings. The number of aryl methyl sites for hydroxylation is 2. The third-order valence-electron chi connectivity index (χ3n) is 6.43. The number of hydrogen-bond acceptors (Lipinski definition) is 6. The van der Waals surface area contributed by atoms with Crippen molar-refractivity contribution in [2.24, 2.45) is 0 Å². The first-order valence-corrected chi connectivity index (χ1v) is 12.0. The van der Waals surface area contributed by atoms with Crippen LogP contribution in [0.5, 0.6) is 5.75 Å². The summed E-state index contributed by atoms with van der Waals surface area (Å²) in [5.74, 6) is -1.43. The number of hydrogen-bond donors (Lipinski definition) is 1. The molecule has 37 heavy (non-hydrogen) atoms. The molecule has 1 atom stereocenters. The molecular formula is C30H29NO6. The number of methoxy groups -OCH3 is 1. The molecule has 7 heteroatoms. The highest BCUT2D eigenvalue weighted by atomic mass is 16.5. The largest absolute Gasteiger partial charge is 0.507 e. The summed E-state index contributed by atoms with van der Waals surface area (Å²) in [4.78, 5) is 40.0. The van der Waals surface area contributed by atoms with Crippen molar-refractivity contribution in [1.82, 2.24) is 0 Å². The van der Waals surface area contributed by atoms with E-state index in [1.807, 2.05) is 44.2 Å². The van der Waals surface area contributed by atoms with Gasteiger partial charge in [-0.1, -0.05) is 42.5 Å². The van der Waals surface area contributed by atoms with Crippen molar-refractivity contribution in [2.45, 2.75) is 33.2 Å². The minimum Gasteiger partial charge on any atom is -0.507 e. The number of nitrogens with zero attached hydrogens (tertiary/aromatic N) is 1. The molecule has 1 N–H and O–H groups in total. The molecule has 1 saturated heterocycles. The summed E-state index contributed by atoms with van der Waals surface area (Å²) in [6.45, 7) is 5.70. The van der Waals surface area contributed by atoms with Gasteiger partial charge in [0.15, 0.2) is 0 Å². The minimum absolute atomic E-state index is 0.0134. The molecule has 7 nitrogen and oxygen atoms in total. The van der Waals surface area contributed by atoms with Crippen molar-refractivity contribution in [1.29, 1.82) is 0 Å². The van der Waals surface area contributed by atoms with Crippen molar-refractivity contribution >= 4 is 29.1 Å². The second-order valence-electron chi connectivity index (χ2n) is 8.86. The maximum atomic E-state index is 13.4. The van der Waals surface area contributed by atoms with Gasteiger partial charge in [0.2, 0.25) is 0 Å². The van der Waals surface area contributed by atoms with E-state index in [9.17, 15) is 19.5 Å². The van der Waals surface area contributed by atoms with Crippen LogP contribution in [0, 0.1) is 13.8 Å². The Morgan fingerprint density at radius 3 is 2.27 bits per heavy atom. The number of rotatable bonds is 7. The molecule has 1 amide bonds. The first-order chi connectivity index (χ1) is 17.8. The third kappa shape index (κ3) is 4.98. The van der Waals surface area contributed by atoms with E-state index in [0.717, 1.165) is 11.1 Å². The Morgan fingerprint density at radius 1 is 0.973 bits per heavy atom. The number of carbonyl (C=O) groups excluding carboxylic acids is 3. The molecule has 0 aliphatic carbocycles. The smallest absolute Gasteiger partial charge is 0.310 e. The Bertz CT molecular complexity index is 1380. The molecule has 0 bridgehead atoms. The van der Waals surface area contributed by atoms with Crippen LogP contribution < -0.4 is 9.64 Å². The SMILES string of the molecule is CCOC(=O)Cc1ccc(N2C(=O)C(=O)/C(=C(/O)c3cc(C)c(OC)cc3C)C2c2ccccc2)cc1. The van der Waals surface area contributed by atoms with Crippen molar-refractivity contribution in [3.8, 4) is 5.75 Å². The monoisotopic (exact) mass is 499 g/mol. The maximum Gasteiger partial charge on any atom is 0.310 e. The Balaban J connectivity index is 1.83. The normalized spacial score (nSPS) is 16.6. The van der Waals surface area contributed by atoms with Crippen molar-refractivity contribution in [3.05, 3.63) is 100 Å². The van der Waals surface area contributed by atoms with Crippen LogP contribution in [0.2, 0.25) is 0 Å². The summed E-state index contributed by atoms with van der Waals surface area (Å²) in [6, 6.07) is 18.7. The summed E-state index contributed by atoms with van der Waals surface area (Å²) in [5, 5.41) is 11.5. The molecule has 1 heterocycles. The Kier molecular flexibility index (Phi) is 7.43. The zero-order valence-electron chi connectivity index (χ0n) is 21.3. The maximum absolute atomic E-state index is 13.4. The van der Waals surface area contributed by atoms with Gasteiger partial charge in [-0.25, -0.2) is 0 Å². The zero-order chi connectivity index (χ0) is 26.7. The van der Waals surface area contributed by atoms with Crippen LogP contribution in [0.25, 0.3) is 5.76 Å². The Morgan fingerprint density at radius 2 is 1.65 bits per heavy atom. The van der Waals surface area contributed by atoms with E-state index in [1.165, 1.54) is 4.90 Å². The van der Waals surface area contributed by atoms with Crippen molar-refractivity contribution in [3.63, 3.8) is 0 Å². The summed E-state index contributed by atoms with van der Waals surface area (Å²) in [6.07, 6.45) is 0.102. The molecule has 3 aromatic carbocycles. The number of aliphatic hydroxyl groups is 1. The number of amides is 1. The van der Waals surface area contributed by atoms with Crippen LogP contribution in [-0.2, 0) is 25.5 Å². The van der Waals surface area contributed by atoms with Crippen LogP contribution in [0.15, 0.2) is 72.3 Å². The minimum atomic E-state index is -0.834. The summed E-state index contributed by atoms with van der Waals surface area (Å²) >= 11 is 0. The molecule has 1 aliphatic heterocycles. The Hall–Kier alpha value is -4.39. The van der Waals surface area contributed by atoms with Crippen LogP contribution in [-0.4, -0.2) is 36.5 Å². The number of Topliss-reactive ketones (excluding diaryl/α,β-unsaturated/α-hetero) is 1. The molecule has 0 aromatic heterocycles. The standard InChI is InChI=1S/C30H29NO6/c1-5-37-25(32)17-20-11-13-22(14-12-20)31-27(21-9-7-6-8-10-21)26(29(34)30(31)35)28(33)23-15-19(3)24(36-4)16-18(23)2/h6-16,27,33H,5,17H2,1-4H3/b28-26+. The quantitative estimate of drug-likeness (QED) is 0.212. The van der Waals surface area contributed by atoms with E-state index in [0.29, 0.717) is 34.7 Å².